The summed E-state index contributed by atoms with van der Waals surface area (Å²) in [5.41, 5.74) is 3.44. The molecule has 2 saturated heterocycles. The summed E-state index contributed by atoms with van der Waals surface area (Å²) in [7, 11) is 0. The molecule has 0 aliphatic carbocycles. The standard InChI is InChI=1S/C23H23N5O3S/c29-22(25-18-2-1-3-19(14-18)28-12-13-31-23(28)30)27-10-6-17(7-11-27)21-26-20(15-32-21)16-4-8-24-9-5-16/h1-5,8-9,14-15,17H,6-7,10-13H2,(H,25,29). The summed E-state index contributed by atoms with van der Waals surface area (Å²) in [5.74, 6) is 0.365. The summed E-state index contributed by atoms with van der Waals surface area (Å²) < 4.78 is 4.99. The number of ether oxygens (including phenoxy) is 1. The molecule has 32 heavy (non-hydrogen) atoms. The number of aromatic nitrogens is 2. The summed E-state index contributed by atoms with van der Waals surface area (Å²) in [4.78, 5) is 36.9. The smallest absolute Gasteiger partial charge is 0.414 e. The molecule has 0 unspecified atom stereocenters. The number of pyridine rings is 1. The van der Waals surface area contributed by atoms with Crippen molar-refractivity contribution in [2.75, 3.05) is 36.5 Å². The predicted octanol–water partition coefficient (Wildman–Crippen LogP) is 4.57. The number of nitrogens with one attached hydrogen (secondary N) is 1. The number of rotatable bonds is 4. The van der Waals surface area contributed by atoms with E-state index >= 15 is 0 Å². The fourth-order valence-corrected chi connectivity index (χ4v) is 5.04. The van der Waals surface area contributed by atoms with Crippen LogP contribution < -0.4 is 10.2 Å². The van der Waals surface area contributed by atoms with Gasteiger partial charge < -0.3 is 15.0 Å². The molecule has 3 amide bonds. The number of carbonyl (C=O) groups excluding carboxylic acids is 2. The molecule has 9 heteroatoms. The van der Waals surface area contributed by atoms with Gasteiger partial charge in [-0.1, -0.05) is 6.07 Å². The molecule has 5 rings (SSSR count). The number of benzene rings is 1. The Bertz CT molecular complexity index is 1110. The molecule has 0 saturated carbocycles. The van der Waals surface area contributed by atoms with Crippen LogP contribution in [-0.2, 0) is 4.74 Å². The second kappa shape index (κ2) is 8.96. The number of hydrogen-bond donors (Lipinski definition) is 1. The van der Waals surface area contributed by atoms with Crippen molar-refractivity contribution < 1.29 is 14.3 Å². The van der Waals surface area contributed by atoms with Crippen LogP contribution in [0.2, 0.25) is 0 Å². The zero-order valence-electron chi connectivity index (χ0n) is 17.4. The van der Waals surface area contributed by atoms with Gasteiger partial charge in [0.2, 0.25) is 0 Å². The van der Waals surface area contributed by atoms with Crippen LogP contribution in [0.3, 0.4) is 0 Å². The molecule has 3 aromatic rings. The van der Waals surface area contributed by atoms with Gasteiger partial charge in [0.05, 0.1) is 17.2 Å². The fourth-order valence-electron chi connectivity index (χ4n) is 4.04. The van der Waals surface area contributed by atoms with E-state index in [9.17, 15) is 9.59 Å². The number of likely N-dealkylation sites (tertiary alicyclic amines) is 1. The Morgan fingerprint density at radius 2 is 1.94 bits per heavy atom. The van der Waals surface area contributed by atoms with Gasteiger partial charge in [-0.25, -0.2) is 14.6 Å². The highest BCUT2D eigenvalue weighted by molar-refractivity contribution is 7.10. The van der Waals surface area contributed by atoms with E-state index in [4.69, 9.17) is 9.72 Å². The van der Waals surface area contributed by atoms with Crippen LogP contribution in [0.1, 0.15) is 23.8 Å². The molecule has 4 heterocycles. The molecular formula is C23H23N5O3S. The number of thiazole rings is 1. The van der Waals surface area contributed by atoms with Crippen molar-refractivity contribution in [1.82, 2.24) is 14.9 Å². The van der Waals surface area contributed by atoms with E-state index in [-0.39, 0.29) is 12.1 Å². The molecule has 2 fully saturated rings. The highest BCUT2D eigenvalue weighted by atomic mass is 32.1. The van der Waals surface area contributed by atoms with Gasteiger partial charge in [0.1, 0.15) is 6.61 Å². The first-order valence-corrected chi connectivity index (χ1v) is 11.5. The van der Waals surface area contributed by atoms with Crippen LogP contribution in [0, 0.1) is 0 Å². The van der Waals surface area contributed by atoms with Crippen molar-refractivity contribution in [1.29, 1.82) is 0 Å². The quantitative estimate of drug-likeness (QED) is 0.630. The third-order valence-corrected chi connectivity index (χ3v) is 6.81. The lowest BCUT2D eigenvalue weighted by Gasteiger charge is -2.31. The fraction of sp³-hybridized carbons (Fsp3) is 0.304. The molecular weight excluding hydrogens is 426 g/mol. The van der Waals surface area contributed by atoms with Crippen LogP contribution in [0.5, 0.6) is 0 Å². The van der Waals surface area contributed by atoms with E-state index in [1.54, 1.807) is 34.7 Å². The highest BCUT2D eigenvalue weighted by Crippen LogP contribution is 2.33. The molecule has 0 atom stereocenters. The zero-order valence-corrected chi connectivity index (χ0v) is 18.3. The van der Waals surface area contributed by atoms with E-state index in [1.165, 1.54) is 0 Å². The van der Waals surface area contributed by atoms with Crippen molar-refractivity contribution in [2.45, 2.75) is 18.8 Å². The Morgan fingerprint density at radius 3 is 2.69 bits per heavy atom. The minimum absolute atomic E-state index is 0.124. The van der Waals surface area contributed by atoms with Crippen LogP contribution >= 0.6 is 11.3 Å². The van der Waals surface area contributed by atoms with Gasteiger partial charge in [-0.15, -0.1) is 11.3 Å². The molecule has 2 aliphatic rings. The monoisotopic (exact) mass is 449 g/mol. The summed E-state index contributed by atoms with van der Waals surface area (Å²) in [6.45, 7) is 2.26. The molecule has 1 aromatic carbocycles. The highest BCUT2D eigenvalue weighted by Gasteiger charge is 2.27. The maximum atomic E-state index is 12.8. The zero-order chi connectivity index (χ0) is 21.9. The number of hydrogen-bond acceptors (Lipinski definition) is 6. The molecule has 2 aliphatic heterocycles. The Morgan fingerprint density at radius 1 is 1.12 bits per heavy atom. The van der Waals surface area contributed by atoms with Gasteiger partial charge in [0.25, 0.3) is 0 Å². The lowest BCUT2D eigenvalue weighted by Crippen LogP contribution is -2.40. The summed E-state index contributed by atoms with van der Waals surface area (Å²) in [5, 5.41) is 6.18. The van der Waals surface area contributed by atoms with Crippen LogP contribution in [0.25, 0.3) is 11.3 Å². The van der Waals surface area contributed by atoms with Crippen molar-refractivity contribution in [3.05, 3.63) is 59.2 Å². The minimum Gasteiger partial charge on any atom is -0.447 e. The Kier molecular flexibility index (Phi) is 5.72. The number of piperidine rings is 1. The average molecular weight is 450 g/mol. The predicted molar refractivity (Wildman–Crippen MR) is 123 cm³/mol. The second-order valence-corrected chi connectivity index (χ2v) is 8.70. The molecule has 8 nitrogen and oxygen atoms in total. The van der Waals surface area contributed by atoms with Crippen LogP contribution in [0.4, 0.5) is 21.0 Å². The third kappa shape index (κ3) is 4.29. The van der Waals surface area contributed by atoms with Gasteiger partial charge in [0, 0.05) is 53.7 Å². The Labute approximate surface area is 189 Å². The lowest BCUT2D eigenvalue weighted by atomic mass is 9.98. The van der Waals surface area contributed by atoms with Crippen molar-refractivity contribution >= 4 is 34.8 Å². The van der Waals surface area contributed by atoms with Crippen molar-refractivity contribution in [3.63, 3.8) is 0 Å². The molecule has 0 radical (unpaired) electrons. The SMILES string of the molecule is O=C(Nc1cccc(N2CCOC2=O)c1)N1CCC(c2nc(-c3ccncc3)cs2)CC1. The van der Waals surface area contributed by atoms with E-state index in [0.29, 0.717) is 37.8 Å². The normalized spacial score (nSPS) is 16.8. The third-order valence-electron chi connectivity index (χ3n) is 5.80. The van der Waals surface area contributed by atoms with Gasteiger partial charge in [-0.05, 0) is 43.2 Å². The maximum absolute atomic E-state index is 12.8. The molecule has 164 valence electrons. The second-order valence-electron chi connectivity index (χ2n) is 7.81. The topological polar surface area (TPSA) is 87.7 Å². The molecule has 0 bridgehead atoms. The number of urea groups is 1. The van der Waals surface area contributed by atoms with E-state index < -0.39 is 0 Å². The van der Waals surface area contributed by atoms with Crippen molar-refractivity contribution in [3.8, 4) is 11.3 Å². The first kappa shape index (κ1) is 20.4. The molecule has 2 aromatic heterocycles. The first-order valence-electron chi connectivity index (χ1n) is 10.6. The van der Waals surface area contributed by atoms with E-state index in [2.05, 4.69) is 15.7 Å². The lowest BCUT2D eigenvalue weighted by molar-refractivity contribution is 0.181. The number of anilines is 2. The van der Waals surface area contributed by atoms with E-state index in [1.807, 2.05) is 35.2 Å². The van der Waals surface area contributed by atoms with Crippen molar-refractivity contribution in [2.24, 2.45) is 0 Å². The maximum Gasteiger partial charge on any atom is 0.414 e. The molecule has 1 N–H and O–H groups in total. The number of cyclic esters (lactones) is 1. The summed E-state index contributed by atoms with van der Waals surface area (Å²) in [6, 6.07) is 11.1. The minimum atomic E-state index is -0.357. The average Bonchev–Trinajstić information content (AvgIpc) is 3.49. The Balaban J connectivity index is 1.18. The number of amides is 3. The van der Waals surface area contributed by atoms with Gasteiger partial charge >= 0.3 is 12.1 Å². The summed E-state index contributed by atoms with van der Waals surface area (Å²) in [6.07, 6.45) is 4.97. The van der Waals surface area contributed by atoms with Gasteiger partial charge in [-0.2, -0.15) is 0 Å². The Hall–Kier alpha value is -3.46. The first-order chi connectivity index (χ1) is 15.7. The van der Waals surface area contributed by atoms with E-state index in [0.717, 1.165) is 34.8 Å². The van der Waals surface area contributed by atoms with Crippen LogP contribution in [-0.4, -0.2) is 53.2 Å². The van der Waals surface area contributed by atoms with Gasteiger partial charge in [-0.3, -0.25) is 9.88 Å². The largest absolute Gasteiger partial charge is 0.447 e. The van der Waals surface area contributed by atoms with Gasteiger partial charge in [0.15, 0.2) is 0 Å². The number of carbonyl (C=O) groups is 2. The number of nitrogens with zero attached hydrogens (tertiary/aromatic N) is 4. The molecule has 0 spiro atoms. The summed E-state index contributed by atoms with van der Waals surface area (Å²) >= 11 is 1.68. The van der Waals surface area contributed by atoms with Crippen LogP contribution in [0.15, 0.2) is 54.2 Å².